The monoisotopic (exact) mass is 371 g/mol. The summed E-state index contributed by atoms with van der Waals surface area (Å²) < 4.78 is 116. The fourth-order valence-electron chi connectivity index (χ4n) is 2.03. The number of aliphatic hydroxyl groups is 1. The van der Waals surface area contributed by atoms with Crippen LogP contribution < -0.4 is 14.2 Å². The average molecular weight is 372 g/mol. The van der Waals surface area contributed by atoms with E-state index in [2.05, 4.69) is 0 Å². The topological polar surface area (TPSA) is 47.9 Å². The van der Waals surface area contributed by atoms with Crippen LogP contribution in [0.5, 0.6) is 17.2 Å². The van der Waals surface area contributed by atoms with Gasteiger partial charge in [0.25, 0.3) is 0 Å². The van der Waals surface area contributed by atoms with Gasteiger partial charge in [-0.3, -0.25) is 0 Å². The predicted molar refractivity (Wildman–Crippen MR) is 105 cm³/mol. The maximum Gasteiger partial charge on any atom is 0.160 e. The first-order chi connectivity index (χ1) is 17.6. The summed E-state index contributed by atoms with van der Waals surface area (Å²) in [7, 11) is -5.99. The number of rotatable bonds is 10. The SMILES string of the molecule is [2H]c1c([2H])c(OCC(O)CCC([2H])([2H])C([2H])([2H])c2ccc(OC([2H])([2H])[2H])c(OC([2H])([2H])[2H])c2)c([2H])c(C)c1C. The van der Waals surface area contributed by atoms with E-state index in [1.54, 1.807) is 13.8 Å². The Morgan fingerprint density at radius 1 is 1.15 bits per heavy atom. The van der Waals surface area contributed by atoms with Crippen LogP contribution in [0.25, 0.3) is 0 Å². The zero-order chi connectivity index (χ0) is 30.1. The summed E-state index contributed by atoms with van der Waals surface area (Å²) in [6.07, 6.45) is -7.49. The van der Waals surface area contributed by atoms with Crippen LogP contribution in [-0.4, -0.2) is 31.9 Å². The van der Waals surface area contributed by atoms with Gasteiger partial charge in [-0.05, 0) is 73.9 Å². The minimum Gasteiger partial charge on any atom is -0.493 e. The Morgan fingerprint density at radius 2 is 1.96 bits per heavy atom. The molecule has 0 bridgehead atoms. The third-order valence-corrected chi connectivity index (χ3v) is 3.65. The summed E-state index contributed by atoms with van der Waals surface area (Å²) in [5.74, 6) is -1.30. The van der Waals surface area contributed by atoms with Crippen LogP contribution in [0.3, 0.4) is 0 Å². The lowest BCUT2D eigenvalue weighted by Crippen LogP contribution is -2.17. The largest absolute Gasteiger partial charge is 0.493 e. The fraction of sp³-hybridized carbons (Fsp3) is 0.455. The summed E-state index contributed by atoms with van der Waals surface area (Å²) >= 11 is 0. The van der Waals surface area contributed by atoms with Crippen molar-refractivity contribution in [2.75, 3.05) is 20.7 Å². The zero-order valence-electron chi connectivity index (χ0n) is 27.6. The van der Waals surface area contributed by atoms with E-state index in [-0.39, 0.29) is 35.9 Å². The molecule has 2 aromatic rings. The number of benzene rings is 2. The van der Waals surface area contributed by atoms with Gasteiger partial charge in [0.05, 0.1) is 32.5 Å². The van der Waals surface area contributed by atoms with E-state index in [0.29, 0.717) is 11.1 Å². The van der Waals surface area contributed by atoms with Gasteiger partial charge in [0.2, 0.25) is 0 Å². The molecule has 0 heterocycles. The van der Waals surface area contributed by atoms with E-state index >= 15 is 0 Å². The Labute approximate surface area is 175 Å². The second kappa shape index (κ2) is 10.1. The molecule has 0 aliphatic rings. The molecule has 1 atom stereocenters. The van der Waals surface area contributed by atoms with Gasteiger partial charge in [0, 0.05) is 5.48 Å². The van der Waals surface area contributed by atoms with Crippen molar-refractivity contribution in [3.8, 4) is 17.2 Å². The number of aryl methyl sites for hydroxylation is 1. The maximum atomic E-state index is 10.4. The molecule has 2 aromatic carbocycles. The van der Waals surface area contributed by atoms with Crippen LogP contribution in [0.4, 0.5) is 0 Å². The van der Waals surface area contributed by atoms with Crippen molar-refractivity contribution in [1.29, 1.82) is 0 Å². The molecule has 0 aliphatic carbocycles. The van der Waals surface area contributed by atoms with Crippen LogP contribution in [0.2, 0.25) is 0 Å². The molecule has 1 unspecified atom stereocenters. The number of hydrogen-bond acceptors (Lipinski definition) is 4. The molecule has 1 N–H and O–H groups in total. The fourth-order valence-corrected chi connectivity index (χ4v) is 2.03. The molecule has 0 spiro atoms. The van der Waals surface area contributed by atoms with Crippen LogP contribution in [0.1, 0.15) is 53.7 Å². The van der Waals surface area contributed by atoms with E-state index in [1.165, 1.54) is 0 Å². The molecule has 0 fully saturated rings. The highest BCUT2D eigenvalue weighted by Gasteiger charge is 2.07. The molecular formula is C22H30O4. The highest BCUT2D eigenvalue weighted by molar-refractivity contribution is 5.42. The van der Waals surface area contributed by atoms with Gasteiger partial charge < -0.3 is 19.3 Å². The smallest absolute Gasteiger partial charge is 0.160 e. The number of methoxy groups -OCH3 is 2. The van der Waals surface area contributed by atoms with Crippen LogP contribution in [0.15, 0.2) is 36.3 Å². The lowest BCUT2D eigenvalue weighted by atomic mass is 10.0. The molecule has 0 aliphatic heterocycles. The molecular weight excluding hydrogens is 328 g/mol. The van der Waals surface area contributed by atoms with Gasteiger partial charge in [0.15, 0.2) is 11.5 Å². The normalized spacial score (nSPS) is 21.3. The lowest BCUT2D eigenvalue weighted by Gasteiger charge is -2.13. The second-order valence-corrected chi connectivity index (χ2v) is 5.63. The van der Waals surface area contributed by atoms with E-state index in [0.717, 1.165) is 18.2 Å². The second-order valence-electron chi connectivity index (χ2n) is 5.63. The first-order valence-corrected chi connectivity index (χ1v) is 7.98. The Morgan fingerprint density at radius 3 is 2.77 bits per heavy atom. The lowest BCUT2D eigenvalue weighted by molar-refractivity contribution is 0.0976. The van der Waals surface area contributed by atoms with Crippen molar-refractivity contribution in [3.05, 3.63) is 53.0 Å². The highest BCUT2D eigenvalue weighted by atomic mass is 16.5. The summed E-state index contributed by atoms with van der Waals surface area (Å²) in [6.45, 7) is 2.77. The van der Waals surface area contributed by atoms with Crippen molar-refractivity contribution < 1.29 is 37.1 Å². The van der Waals surface area contributed by atoms with Gasteiger partial charge in [-0.15, -0.1) is 0 Å². The van der Waals surface area contributed by atoms with Gasteiger partial charge >= 0.3 is 0 Å². The third-order valence-electron chi connectivity index (χ3n) is 3.65. The van der Waals surface area contributed by atoms with E-state index < -0.39 is 57.5 Å². The number of hydrogen-bond donors (Lipinski definition) is 1. The van der Waals surface area contributed by atoms with Gasteiger partial charge in [-0.25, -0.2) is 0 Å². The van der Waals surface area contributed by atoms with Crippen LogP contribution >= 0.6 is 0 Å². The Kier molecular flexibility index (Phi) is 3.35. The predicted octanol–water partition coefficient (Wildman–Crippen LogP) is 4.47. The van der Waals surface area contributed by atoms with Crippen molar-refractivity contribution in [2.24, 2.45) is 0 Å². The van der Waals surface area contributed by atoms with Gasteiger partial charge in [0.1, 0.15) is 12.4 Å². The molecule has 0 aromatic heterocycles. The first-order valence-electron chi connectivity index (χ1n) is 14.5. The van der Waals surface area contributed by atoms with Gasteiger partial charge in [-0.1, -0.05) is 18.5 Å². The Hall–Kier alpha value is -2.20. The van der Waals surface area contributed by atoms with Crippen molar-refractivity contribution in [2.45, 2.75) is 45.5 Å². The molecule has 4 nitrogen and oxygen atoms in total. The minimum absolute atomic E-state index is 0.103. The third kappa shape index (κ3) is 5.95. The van der Waals surface area contributed by atoms with E-state index in [4.69, 9.17) is 32.0 Å². The van der Waals surface area contributed by atoms with Gasteiger partial charge in [-0.2, -0.15) is 0 Å². The summed E-state index contributed by atoms with van der Waals surface area (Å²) in [5, 5.41) is 10.4. The first kappa shape index (κ1) is 8.66. The molecule has 2 rings (SSSR count). The molecule has 0 saturated carbocycles. The van der Waals surface area contributed by atoms with Crippen molar-refractivity contribution in [1.82, 2.24) is 0 Å². The van der Waals surface area contributed by atoms with E-state index in [1.807, 2.05) is 0 Å². The zero-order valence-corrected chi connectivity index (χ0v) is 14.6. The van der Waals surface area contributed by atoms with Crippen LogP contribution in [-0.2, 0) is 6.37 Å². The minimum atomic E-state index is -3.03. The molecule has 0 radical (unpaired) electrons. The van der Waals surface area contributed by atoms with Crippen molar-refractivity contribution in [3.63, 3.8) is 0 Å². The highest BCUT2D eigenvalue weighted by Crippen LogP contribution is 2.28. The average Bonchev–Trinajstić information content (AvgIpc) is 2.79. The Balaban J connectivity index is 2.20. The molecule has 0 amide bonds. The standard InChI is InChI=1S/C22H30O4/c1-16-9-11-20(13-17(16)2)26-15-19(23)8-6-5-7-18-10-12-21(24-3)22(14-18)25-4/h9-14,19,23H,5-8,15H2,1-4H3/i3D3,4D3,5D2,7D2,9D,11D,13D. The molecule has 4 heteroatoms. The summed E-state index contributed by atoms with van der Waals surface area (Å²) in [6, 6.07) is 2.34. The molecule has 142 valence electrons. The molecule has 0 saturated heterocycles. The maximum absolute atomic E-state index is 10.4. The summed E-state index contributed by atoms with van der Waals surface area (Å²) in [5.41, 5.74) is 0.548. The van der Waals surface area contributed by atoms with Crippen LogP contribution in [0, 0.1) is 13.8 Å². The summed E-state index contributed by atoms with van der Waals surface area (Å²) in [4.78, 5) is 0. The van der Waals surface area contributed by atoms with Crippen molar-refractivity contribution >= 4 is 0 Å². The quantitative estimate of drug-likeness (QED) is 0.669. The number of ether oxygens (including phenoxy) is 3. The van der Waals surface area contributed by atoms with E-state index in [9.17, 15) is 5.11 Å². The Bertz CT molecular complexity index is 1150. The number of aliphatic hydroxyl groups excluding tert-OH is 1. The molecule has 26 heavy (non-hydrogen) atoms.